The molecule has 1 spiro atoms. The zero-order valence-electron chi connectivity index (χ0n) is 9.96. The molecule has 2 aliphatic rings. The van der Waals surface area contributed by atoms with E-state index in [1.807, 2.05) is 0 Å². The van der Waals surface area contributed by atoms with Crippen LogP contribution in [0, 0.1) is 10.8 Å². The fourth-order valence-electron chi connectivity index (χ4n) is 3.17. The molecular weight excluding hydrogens is 192 g/mol. The van der Waals surface area contributed by atoms with Crippen molar-refractivity contribution in [3.8, 4) is 0 Å². The second-order valence-electron chi connectivity index (χ2n) is 5.61. The lowest BCUT2D eigenvalue weighted by molar-refractivity contribution is -0.203. The molecule has 1 aliphatic heterocycles. The van der Waals surface area contributed by atoms with Crippen molar-refractivity contribution in [3.05, 3.63) is 0 Å². The first-order chi connectivity index (χ1) is 6.86. The maximum absolute atomic E-state index is 5.83. The van der Waals surface area contributed by atoms with Gasteiger partial charge in [-0.25, -0.2) is 0 Å². The van der Waals surface area contributed by atoms with Gasteiger partial charge in [0.25, 0.3) is 0 Å². The molecule has 1 saturated carbocycles. The summed E-state index contributed by atoms with van der Waals surface area (Å²) in [6.45, 7) is 9.80. The van der Waals surface area contributed by atoms with Crippen molar-refractivity contribution in [1.82, 2.24) is 0 Å². The highest BCUT2D eigenvalue weighted by Gasteiger charge is 2.64. The number of hydrazone groups is 1. The van der Waals surface area contributed by atoms with Crippen LogP contribution in [0.3, 0.4) is 0 Å². The smallest absolute Gasteiger partial charge is 0.179 e. The van der Waals surface area contributed by atoms with Crippen molar-refractivity contribution >= 4 is 5.71 Å². The van der Waals surface area contributed by atoms with Crippen molar-refractivity contribution in [1.29, 1.82) is 0 Å². The highest BCUT2D eigenvalue weighted by molar-refractivity contribution is 5.97. The number of hydrogen-bond donors (Lipinski definition) is 1. The van der Waals surface area contributed by atoms with Crippen LogP contribution in [-0.4, -0.2) is 24.7 Å². The van der Waals surface area contributed by atoms with Crippen molar-refractivity contribution in [2.75, 3.05) is 13.2 Å². The summed E-state index contributed by atoms with van der Waals surface area (Å²) in [6.07, 6.45) is 0.822. The summed E-state index contributed by atoms with van der Waals surface area (Å²) in [6, 6.07) is 0. The van der Waals surface area contributed by atoms with Crippen LogP contribution in [0.15, 0.2) is 5.10 Å². The van der Waals surface area contributed by atoms with Crippen LogP contribution in [0.1, 0.15) is 34.1 Å². The topological polar surface area (TPSA) is 56.8 Å². The largest absolute Gasteiger partial charge is 0.347 e. The summed E-state index contributed by atoms with van der Waals surface area (Å²) in [5, 5.41) is 3.97. The van der Waals surface area contributed by atoms with E-state index in [2.05, 4.69) is 32.8 Å². The van der Waals surface area contributed by atoms with Gasteiger partial charge in [-0.05, 0) is 13.8 Å². The van der Waals surface area contributed by atoms with Crippen LogP contribution in [0.5, 0.6) is 0 Å². The van der Waals surface area contributed by atoms with Crippen LogP contribution in [-0.2, 0) is 9.47 Å². The molecule has 0 aromatic heterocycles. The van der Waals surface area contributed by atoms with E-state index >= 15 is 0 Å². The van der Waals surface area contributed by atoms with E-state index in [0.29, 0.717) is 13.2 Å². The van der Waals surface area contributed by atoms with E-state index in [1.165, 1.54) is 0 Å². The summed E-state index contributed by atoms with van der Waals surface area (Å²) >= 11 is 0. The Hall–Kier alpha value is -0.610. The average Bonchev–Trinajstić information content (AvgIpc) is 2.57. The maximum atomic E-state index is 5.83. The van der Waals surface area contributed by atoms with Crippen molar-refractivity contribution < 1.29 is 9.47 Å². The first-order valence-corrected chi connectivity index (χ1v) is 5.42. The third-order valence-electron chi connectivity index (χ3n) is 3.74. The molecule has 0 bridgehead atoms. The van der Waals surface area contributed by atoms with Crippen LogP contribution in [0.25, 0.3) is 0 Å². The normalized spacial score (nSPS) is 34.0. The third-order valence-corrected chi connectivity index (χ3v) is 3.74. The van der Waals surface area contributed by atoms with Crippen LogP contribution >= 0.6 is 0 Å². The fourth-order valence-corrected chi connectivity index (χ4v) is 3.17. The maximum Gasteiger partial charge on any atom is 0.179 e. The van der Waals surface area contributed by atoms with Gasteiger partial charge in [-0.2, -0.15) is 5.10 Å². The first-order valence-electron chi connectivity index (χ1n) is 5.42. The molecule has 2 fully saturated rings. The molecular formula is C11H20N2O2. The Bertz CT molecular complexity index is 302. The zero-order chi connectivity index (χ0) is 11.3. The Balaban J connectivity index is 2.47. The number of rotatable bonds is 0. The Morgan fingerprint density at radius 2 is 1.67 bits per heavy atom. The molecule has 2 N–H and O–H groups in total. The van der Waals surface area contributed by atoms with Crippen molar-refractivity contribution in [3.63, 3.8) is 0 Å². The molecule has 4 heteroatoms. The van der Waals surface area contributed by atoms with Gasteiger partial charge in [-0.15, -0.1) is 0 Å². The zero-order valence-corrected chi connectivity index (χ0v) is 9.96. The van der Waals surface area contributed by atoms with E-state index in [0.717, 1.165) is 12.1 Å². The summed E-state index contributed by atoms with van der Waals surface area (Å²) in [7, 11) is 0. The minimum absolute atomic E-state index is 0.0530. The Labute approximate surface area is 90.8 Å². The molecule has 1 saturated heterocycles. The highest BCUT2D eigenvalue weighted by atomic mass is 16.7. The van der Waals surface area contributed by atoms with Gasteiger partial charge in [0.05, 0.1) is 24.3 Å². The number of hydrogen-bond acceptors (Lipinski definition) is 4. The second-order valence-corrected chi connectivity index (χ2v) is 5.61. The molecule has 0 aromatic carbocycles. The SMILES string of the molecule is CC1(C)CC2(OCCO2)C(C)(C)C1=NN. The van der Waals surface area contributed by atoms with Gasteiger partial charge in [0.15, 0.2) is 5.79 Å². The standard InChI is InChI=1S/C11H20N2O2/c1-9(2)7-11(14-5-6-15-11)10(3,4)8(9)13-12/h5-7,12H2,1-4H3. The van der Waals surface area contributed by atoms with E-state index in [-0.39, 0.29) is 10.8 Å². The minimum atomic E-state index is -0.519. The van der Waals surface area contributed by atoms with Gasteiger partial charge in [0, 0.05) is 11.8 Å². The van der Waals surface area contributed by atoms with Gasteiger partial charge >= 0.3 is 0 Å². The first kappa shape index (κ1) is 10.9. The summed E-state index contributed by atoms with van der Waals surface area (Å²) in [5.41, 5.74) is 0.682. The molecule has 1 heterocycles. The monoisotopic (exact) mass is 212 g/mol. The van der Waals surface area contributed by atoms with Crippen molar-refractivity contribution in [2.24, 2.45) is 21.8 Å². The van der Waals surface area contributed by atoms with Crippen LogP contribution in [0.4, 0.5) is 0 Å². The van der Waals surface area contributed by atoms with Gasteiger partial charge in [0.1, 0.15) is 0 Å². The lowest BCUT2D eigenvalue weighted by atomic mass is 9.80. The fraction of sp³-hybridized carbons (Fsp3) is 0.909. The van der Waals surface area contributed by atoms with E-state index in [9.17, 15) is 0 Å². The molecule has 4 nitrogen and oxygen atoms in total. The van der Waals surface area contributed by atoms with Gasteiger partial charge in [0.2, 0.25) is 0 Å². The molecule has 2 rings (SSSR count). The van der Waals surface area contributed by atoms with E-state index < -0.39 is 5.79 Å². The van der Waals surface area contributed by atoms with Crippen molar-refractivity contribution in [2.45, 2.75) is 39.9 Å². The second kappa shape index (κ2) is 2.95. The van der Waals surface area contributed by atoms with Gasteiger partial charge in [-0.1, -0.05) is 13.8 Å². The average molecular weight is 212 g/mol. The molecule has 0 amide bonds. The summed E-state index contributed by atoms with van der Waals surface area (Å²) in [4.78, 5) is 0. The summed E-state index contributed by atoms with van der Waals surface area (Å²) < 4.78 is 11.7. The molecule has 15 heavy (non-hydrogen) atoms. The lowest BCUT2D eigenvalue weighted by Gasteiger charge is -2.35. The summed E-state index contributed by atoms with van der Waals surface area (Å²) in [5.74, 6) is 4.99. The van der Waals surface area contributed by atoms with Gasteiger partial charge < -0.3 is 15.3 Å². The minimum Gasteiger partial charge on any atom is -0.347 e. The molecule has 1 aliphatic carbocycles. The molecule has 0 aromatic rings. The van der Waals surface area contributed by atoms with E-state index in [1.54, 1.807) is 0 Å². The molecule has 0 unspecified atom stereocenters. The number of ether oxygens (including phenoxy) is 2. The quantitative estimate of drug-likeness (QED) is 0.489. The molecule has 0 radical (unpaired) electrons. The molecule has 86 valence electrons. The predicted molar refractivity (Wildman–Crippen MR) is 58.4 cm³/mol. The number of nitrogens with zero attached hydrogens (tertiary/aromatic N) is 1. The Kier molecular flexibility index (Phi) is 2.14. The number of nitrogens with two attached hydrogens (primary N) is 1. The Morgan fingerprint density at radius 1 is 1.13 bits per heavy atom. The Morgan fingerprint density at radius 3 is 2.07 bits per heavy atom. The van der Waals surface area contributed by atoms with E-state index in [4.69, 9.17) is 15.3 Å². The van der Waals surface area contributed by atoms with Gasteiger partial charge in [-0.3, -0.25) is 0 Å². The third kappa shape index (κ3) is 1.24. The highest BCUT2D eigenvalue weighted by Crippen LogP contribution is 2.56. The van der Waals surface area contributed by atoms with Crippen LogP contribution < -0.4 is 5.84 Å². The van der Waals surface area contributed by atoms with Crippen LogP contribution in [0.2, 0.25) is 0 Å². The molecule has 0 atom stereocenters. The predicted octanol–water partition coefficient (Wildman–Crippen LogP) is 1.50. The lowest BCUT2D eigenvalue weighted by Crippen LogP contribution is -2.44.